The van der Waals surface area contributed by atoms with Crippen molar-refractivity contribution in [3.8, 4) is 0 Å². The van der Waals surface area contributed by atoms with Crippen molar-refractivity contribution in [3.05, 3.63) is 23.4 Å². The van der Waals surface area contributed by atoms with E-state index in [1.807, 2.05) is 0 Å². The molecule has 0 fully saturated rings. The van der Waals surface area contributed by atoms with E-state index in [4.69, 9.17) is 4.43 Å². The first-order chi connectivity index (χ1) is 5.81. The topological polar surface area (TPSA) is 9.23 Å². The molecule has 0 unspecified atom stereocenters. The van der Waals surface area contributed by atoms with E-state index >= 15 is 0 Å². The fourth-order valence-electron chi connectivity index (χ4n) is 1.64. The molecule has 0 N–H and O–H groups in total. The molecule has 5 heteroatoms. The largest absolute Gasteiger partial charge is 3.00 e. The monoisotopic (exact) mass is 313 g/mol. The van der Waals surface area contributed by atoms with Gasteiger partial charge in [0, 0.05) is 5.60 Å². The predicted molar refractivity (Wildman–Crippen MR) is 58.8 cm³/mol. The van der Waals surface area contributed by atoms with Crippen LogP contribution in [0.15, 0.2) is 17.3 Å². The van der Waals surface area contributed by atoms with Gasteiger partial charge in [0.15, 0.2) is 8.32 Å². The summed E-state index contributed by atoms with van der Waals surface area (Å²) in [7, 11) is -1.69. The maximum Gasteiger partial charge on any atom is 3.00 e. The second kappa shape index (κ2) is 8.12. The number of hydrogen-bond acceptors (Lipinski definition) is 1. The van der Waals surface area contributed by atoms with Crippen molar-refractivity contribution < 1.29 is 51.0 Å². The Kier molecular flexibility index (Phi) is 11.3. The molecule has 1 aliphatic carbocycles. The van der Waals surface area contributed by atoms with Crippen molar-refractivity contribution in [2.24, 2.45) is 0 Å². The van der Waals surface area contributed by atoms with E-state index in [0.29, 0.717) is 0 Å². The molecular weight excluding hydrogens is 295 g/mol. The van der Waals surface area contributed by atoms with Gasteiger partial charge in [0.05, 0.1) is 0 Å². The minimum atomic E-state index is -1.69. The van der Waals surface area contributed by atoms with Crippen molar-refractivity contribution >= 4 is 8.32 Å². The van der Waals surface area contributed by atoms with Crippen LogP contribution in [0.2, 0.25) is 13.1 Å². The van der Waals surface area contributed by atoms with Crippen LogP contribution in [-0.4, -0.2) is 13.9 Å². The minimum absolute atomic E-state index is 0. The average Bonchev–Trinajstić information content (AvgIpc) is 2.29. The van der Waals surface area contributed by atoms with Crippen molar-refractivity contribution in [1.29, 1.82) is 0 Å². The Balaban J connectivity index is -0.000000563. The zero-order valence-electron chi connectivity index (χ0n) is 10.5. The van der Waals surface area contributed by atoms with E-state index in [1.165, 1.54) is 5.20 Å². The van der Waals surface area contributed by atoms with Gasteiger partial charge in [0.1, 0.15) is 0 Å². The van der Waals surface area contributed by atoms with E-state index in [-0.39, 0.29) is 52.1 Å². The average molecular weight is 314 g/mol. The summed E-state index contributed by atoms with van der Waals surface area (Å²) in [5.74, 6) is 0. The van der Waals surface area contributed by atoms with E-state index in [0.717, 1.165) is 6.42 Å². The summed E-state index contributed by atoms with van der Waals surface area (Å²) in [6.07, 6.45) is 8.63. The maximum absolute atomic E-state index is 6.10. The zero-order valence-corrected chi connectivity index (χ0v) is 14.6. The summed E-state index contributed by atoms with van der Waals surface area (Å²) >= 11 is 0. The SMILES string of the molecule is CC(C)(C)O[Si](C)(C)C1=[C-]CC=C1.[Cl-].[Cl-].[Ti+3]. The summed E-state index contributed by atoms with van der Waals surface area (Å²) in [5.41, 5.74) is -0.0408. The Hall–Kier alpha value is 0.951. The van der Waals surface area contributed by atoms with Gasteiger partial charge in [-0.2, -0.15) is 6.08 Å². The first kappa shape index (κ1) is 22.2. The van der Waals surface area contributed by atoms with E-state index < -0.39 is 8.32 Å². The molecule has 1 radical (unpaired) electrons. The van der Waals surface area contributed by atoms with Crippen molar-refractivity contribution in [3.63, 3.8) is 0 Å². The van der Waals surface area contributed by atoms with Crippen molar-refractivity contribution in [2.75, 3.05) is 0 Å². The third-order valence-corrected chi connectivity index (χ3v) is 4.67. The molecule has 0 heterocycles. The molecule has 0 aromatic carbocycles. The summed E-state index contributed by atoms with van der Waals surface area (Å²) in [5, 5.41) is 1.31. The van der Waals surface area contributed by atoms with Gasteiger partial charge in [-0.3, -0.25) is 6.08 Å². The number of halogens is 2. The van der Waals surface area contributed by atoms with Crippen molar-refractivity contribution in [2.45, 2.75) is 45.9 Å². The second-order valence-electron chi connectivity index (χ2n) is 4.92. The summed E-state index contributed by atoms with van der Waals surface area (Å²) in [6, 6.07) is 0. The standard InChI is InChI=1S/C11H19OSi.2ClH.Ti/c1-11(2,3)12-13(4,5)10-8-6-7-9-10;;;/h6,8H,7H2,1-5H3;2*1H;/q-1;;;+3/p-2. The molecule has 0 spiro atoms. The van der Waals surface area contributed by atoms with Crippen LogP contribution in [0, 0.1) is 6.08 Å². The van der Waals surface area contributed by atoms with Gasteiger partial charge in [0.2, 0.25) is 0 Å². The third kappa shape index (κ3) is 7.31. The van der Waals surface area contributed by atoms with Gasteiger partial charge in [-0.1, -0.05) is 0 Å². The smallest absolute Gasteiger partial charge is 1.00 e. The molecule has 0 amide bonds. The van der Waals surface area contributed by atoms with Gasteiger partial charge >= 0.3 is 21.7 Å². The molecule has 0 aromatic heterocycles. The van der Waals surface area contributed by atoms with Crippen LogP contribution in [0.3, 0.4) is 0 Å². The Morgan fingerprint density at radius 2 is 1.75 bits per heavy atom. The van der Waals surface area contributed by atoms with Gasteiger partial charge in [0.25, 0.3) is 0 Å². The molecule has 0 aromatic rings. The number of hydrogen-bond donors (Lipinski definition) is 0. The maximum atomic E-state index is 6.10. The summed E-state index contributed by atoms with van der Waals surface area (Å²) < 4.78 is 6.10. The molecule has 0 saturated carbocycles. The fourth-order valence-corrected chi connectivity index (χ4v) is 4.33. The molecule has 0 saturated heterocycles. The Morgan fingerprint density at radius 3 is 2.06 bits per heavy atom. The summed E-state index contributed by atoms with van der Waals surface area (Å²) in [6.45, 7) is 10.8. The van der Waals surface area contributed by atoms with Gasteiger partial charge in [-0.05, 0) is 33.9 Å². The van der Waals surface area contributed by atoms with E-state index in [2.05, 4.69) is 52.1 Å². The van der Waals surface area contributed by atoms with Crippen LogP contribution in [-0.2, 0) is 26.1 Å². The normalized spacial score (nSPS) is 14.4. The summed E-state index contributed by atoms with van der Waals surface area (Å²) in [4.78, 5) is 0. The van der Waals surface area contributed by atoms with Crippen LogP contribution in [0.1, 0.15) is 27.2 Å². The first-order valence-electron chi connectivity index (χ1n) is 4.79. The molecule has 1 aliphatic rings. The molecule has 1 nitrogen and oxygen atoms in total. The van der Waals surface area contributed by atoms with E-state index in [1.54, 1.807) is 0 Å². The first-order valence-corrected chi connectivity index (χ1v) is 7.70. The Bertz CT molecular complexity index is 257. The van der Waals surface area contributed by atoms with Gasteiger partial charge in [-0.25, -0.2) is 11.3 Å². The van der Waals surface area contributed by atoms with Crippen LogP contribution >= 0.6 is 0 Å². The molecule has 91 valence electrons. The second-order valence-corrected chi connectivity index (χ2v) is 8.69. The van der Waals surface area contributed by atoms with Gasteiger partial charge < -0.3 is 29.2 Å². The Labute approximate surface area is 128 Å². The Morgan fingerprint density at radius 1 is 1.25 bits per heavy atom. The number of rotatable bonds is 2. The van der Waals surface area contributed by atoms with Crippen LogP contribution in [0.4, 0.5) is 0 Å². The molecule has 1 rings (SSSR count). The van der Waals surface area contributed by atoms with Crippen LogP contribution in [0.25, 0.3) is 0 Å². The van der Waals surface area contributed by atoms with Crippen LogP contribution in [0.5, 0.6) is 0 Å². The van der Waals surface area contributed by atoms with Crippen molar-refractivity contribution in [1.82, 2.24) is 0 Å². The quantitative estimate of drug-likeness (QED) is 0.396. The number of allylic oxidation sites excluding steroid dienone is 4. The zero-order chi connectivity index (χ0) is 10.1. The molecule has 0 bridgehead atoms. The molecular formula is C11H19Cl2OSiTi. The van der Waals surface area contributed by atoms with E-state index in [9.17, 15) is 0 Å². The minimum Gasteiger partial charge on any atom is -1.00 e. The third-order valence-electron chi connectivity index (χ3n) is 1.90. The predicted octanol–water partition coefficient (Wildman–Crippen LogP) is -2.76. The molecule has 0 atom stereocenters. The van der Waals surface area contributed by atoms with Crippen LogP contribution < -0.4 is 24.8 Å². The van der Waals surface area contributed by atoms with Gasteiger partial charge in [-0.15, -0.1) is 6.42 Å². The fraction of sp³-hybridized carbons (Fsp3) is 0.636. The molecule has 0 aliphatic heterocycles. The molecule has 16 heavy (non-hydrogen) atoms.